The molecule has 4 heteroatoms. The number of rotatable bonds is 4. The minimum absolute atomic E-state index is 0.941. The molecule has 3 rings (SSSR count). The maximum atomic E-state index is 4.57. The molecule has 1 saturated heterocycles. The maximum absolute atomic E-state index is 4.57. The van der Waals surface area contributed by atoms with Gasteiger partial charge < -0.3 is 4.90 Å². The van der Waals surface area contributed by atoms with Gasteiger partial charge in [0.05, 0.1) is 19.3 Å². The molecule has 2 aromatic carbocycles. The van der Waals surface area contributed by atoms with Crippen LogP contribution in [0.25, 0.3) is 6.08 Å². The Labute approximate surface area is 146 Å². The number of hydrogen-bond acceptors (Lipinski definition) is 3. The van der Waals surface area contributed by atoms with Crippen molar-refractivity contribution in [2.45, 2.75) is 0 Å². The molecular formula is C19H20BrN3. The molecule has 0 saturated carbocycles. The van der Waals surface area contributed by atoms with E-state index < -0.39 is 0 Å². The van der Waals surface area contributed by atoms with Crippen molar-refractivity contribution in [2.75, 3.05) is 31.1 Å². The van der Waals surface area contributed by atoms with E-state index in [1.807, 2.05) is 24.4 Å². The van der Waals surface area contributed by atoms with Gasteiger partial charge in [-0.25, -0.2) is 0 Å². The fraction of sp³-hybridized carbons (Fsp3) is 0.211. The lowest BCUT2D eigenvalue weighted by atomic mass is 10.2. The van der Waals surface area contributed by atoms with E-state index in [0.717, 1.165) is 30.7 Å². The summed E-state index contributed by atoms with van der Waals surface area (Å²) < 4.78 is 0.981. The highest BCUT2D eigenvalue weighted by Gasteiger charge is 2.15. The highest BCUT2D eigenvalue weighted by molar-refractivity contribution is 9.12. The molecule has 0 spiro atoms. The summed E-state index contributed by atoms with van der Waals surface area (Å²) >= 11 is 3.56. The van der Waals surface area contributed by atoms with Crippen LogP contribution >= 0.6 is 15.9 Å². The quantitative estimate of drug-likeness (QED) is 0.750. The lowest BCUT2D eigenvalue weighted by Gasteiger charge is -2.34. The molecule has 23 heavy (non-hydrogen) atoms. The van der Waals surface area contributed by atoms with Gasteiger partial charge in [-0.15, -0.1) is 0 Å². The van der Waals surface area contributed by atoms with E-state index in [2.05, 4.69) is 79.5 Å². The van der Waals surface area contributed by atoms with E-state index in [9.17, 15) is 0 Å². The van der Waals surface area contributed by atoms with Gasteiger partial charge in [-0.05, 0) is 39.7 Å². The van der Waals surface area contributed by atoms with E-state index in [-0.39, 0.29) is 0 Å². The Morgan fingerprint density at radius 2 is 1.48 bits per heavy atom. The predicted molar refractivity (Wildman–Crippen MR) is 102 cm³/mol. The zero-order valence-corrected chi connectivity index (χ0v) is 14.6. The van der Waals surface area contributed by atoms with Gasteiger partial charge in [-0.2, -0.15) is 5.10 Å². The van der Waals surface area contributed by atoms with E-state index in [4.69, 9.17) is 0 Å². The molecule has 1 heterocycles. The fourth-order valence-corrected chi connectivity index (χ4v) is 2.95. The van der Waals surface area contributed by atoms with Gasteiger partial charge in [0.25, 0.3) is 0 Å². The van der Waals surface area contributed by atoms with Gasteiger partial charge in [0.15, 0.2) is 0 Å². The molecule has 0 atom stereocenters. The lowest BCUT2D eigenvalue weighted by molar-refractivity contribution is 0.272. The normalized spacial score (nSPS) is 16.1. The van der Waals surface area contributed by atoms with Crippen molar-refractivity contribution in [1.29, 1.82) is 0 Å². The van der Waals surface area contributed by atoms with Crippen molar-refractivity contribution < 1.29 is 0 Å². The first kappa shape index (κ1) is 15.8. The van der Waals surface area contributed by atoms with Crippen LogP contribution in [0.1, 0.15) is 5.56 Å². The first-order valence-corrected chi connectivity index (χ1v) is 8.62. The van der Waals surface area contributed by atoms with E-state index in [1.165, 1.54) is 11.3 Å². The molecule has 0 aliphatic carbocycles. The Kier molecular flexibility index (Phi) is 5.48. The number of nitrogens with zero attached hydrogens (tertiary/aromatic N) is 3. The number of allylic oxidation sites excluding steroid dienone is 1. The smallest absolute Gasteiger partial charge is 0.0612 e. The summed E-state index contributed by atoms with van der Waals surface area (Å²) in [6.45, 7) is 3.89. The summed E-state index contributed by atoms with van der Waals surface area (Å²) in [5, 5.41) is 6.70. The molecule has 0 radical (unpaired) electrons. The molecule has 0 aromatic heterocycles. The summed E-state index contributed by atoms with van der Waals surface area (Å²) in [4.78, 5) is 2.40. The molecular weight excluding hydrogens is 350 g/mol. The van der Waals surface area contributed by atoms with Crippen molar-refractivity contribution in [3.8, 4) is 0 Å². The summed E-state index contributed by atoms with van der Waals surface area (Å²) in [6, 6.07) is 20.8. The van der Waals surface area contributed by atoms with Crippen molar-refractivity contribution in [3.05, 3.63) is 70.7 Å². The van der Waals surface area contributed by atoms with Gasteiger partial charge in [0.2, 0.25) is 0 Å². The summed E-state index contributed by atoms with van der Waals surface area (Å²) in [7, 11) is 0. The molecule has 0 bridgehead atoms. The SMILES string of the molecule is Br/C(C=NN1CCN(c2ccccc2)CC1)=C\c1ccccc1. The molecule has 3 nitrogen and oxygen atoms in total. The largest absolute Gasteiger partial charge is 0.368 e. The number of anilines is 1. The third kappa shape index (κ3) is 4.70. The minimum Gasteiger partial charge on any atom is -0.368 e. The Bertz CT molecular complexity index is 660. The van der Waals surface area contributed by atoms with Crippen molar-refractivity contribution in [2.24, 2.45) is 5.10 Å². The summed E-state index contributed by atoms with van der Waals surface area (Å²) in [5.41, 5.74) is 2.46. The lowest BCUT2D eigenvalue weighted by Crippen LogP contribution is -2.44. The summed E-state index contributed by atoms with van der Waals surface area (Å²) in [6.07, 6.45) is 3.95. The number of piperazine rings is 1. The minimum atomic E-state index is 0.941. The van der Waals surface area contributed by atoms with Crippen LogP contribution in [-0.4, -0.2) is 37.4 Å². The highest BCUT2D eigenvalue weighted by atomic mass is 79.9. The molecule has 1 fully saturated rings. The van der Waals surface area contributed by atoms with Crippen LogP contribution in [0.2, 0.25) is 0 Å². The summed E-state index contributed by atoms with van der Waals surface area (Å²) in [5.74, 6) is 0. The fourth-order valence-electron chi connectivity index (χ4n) is 2.59. The van der Waals surface area contributed by atoms with Gasteiger partial charge in [0.1, 0.15) is 0 Å². The molecule has 1 aliphatic rings. The molecule has 0 amide bonds. The first-order valence-electron chi connectivity index (χ1n) is 7.82. The van der Waals surface area contributed by atoms with E-state index >= 15 is 0 Å². The predicted octanol–water partition coefficient (Wildman–Crippen LogP) is 4.23. The number of para-hydroxylation sites is 1. The molecule has 118 valence electrons. The molecule has 0 unspecified atom stereocenters. The highest BCUT2D eigenvalue weighted by Crippen LogP contribution is 2.16. The molecule has 0 N–H and O–H groups in total. The maximum Gasteiger partial charge on any atom is 0.0612 e. The van der Waals surface area contributed by atoms with Crippen LogP contribution in [0.4, 0.5) is 5.69 Å². The molecule has 2 aromatic rings. The zero-order chi connectivity index (χ0) is 15.9. The third-order valence-electron chi connectivity index (χ3n) is 3.83. The van der Waals surface area contributed by atoms with Crippen molar-refractivity contribution >= 4 is 33.9 Å². The monoisotopic (exact) mass is 369 g/mol. The van der Waals surface area contributed by atoms with Gasteiger partial charge in [-0.1, -0.05) is 48.5 Å². The Morgan fingerprint density at radius 1 is 0.870 bits per heavy atom. The van der Waals surface area contributed by atoms with E-state index in [0.29, 0.717) is 0 Å². The van der Waals surface area contributed by atoms with E-state index in [1.54, 1.807) is 0 Å². The van der Waals surface area contributed by atoms with Gasteiger partial charge in [0, 0.05) is 23.3 Å². The van der Waals surface area contributed by atoms with Gasteiger partial charge >= 0.3 is 0 Å². The standard InChI is InChI=1S/C19H20BrN3/c20-18(15-17-7-3-1-4-8-17)16-21-23-13-11-22(12-14-23)19-9-5-2-6-10-19/h1-10,15-16H,11-14H2/b18-15-,21-16?. The second-order valence-electron chi connectivity index (χ2n) is 5.46. The van der Waals surface area contributed by atoms with Crippen LogP contribution in [0.5, 0.6) is 0 Å². The van der Waals surface area contributed by atoms with Crippen molar-refractivity contribution in [3.63, 3.8) is 0 Å². The van der Waals surface area contributed by atoms with Gasteiger partial charge in [-0.3, -0.25) is 5.01 Å². The Hall–Kier alpha value is -2.07. The Morgan fingerprint density at radius 3 is 2.13 bits per heavy atom. The number of hydrazone groups is 1. The van der Waals surface area contributed by atoms with Crippen molar-refractivity contribution in [1.82, 2.24) is 5.01 Å². The molecule has 1 aliphatic heterocycles. The second-order valence-corrected chi connectivity index (χ2v) is 6.38. The second kappa shape index (κ2) is 7.97. The van der Waals surface area contributed by atoms with Crippen LogP contribution in [0.15, 0.2) is 70.2 Å². The zero-order valence-electron chi connectivity index (χ0n) is 13.0. The number of benzene rings is 2. The van der Waals surface area contributed by atoms with Crippen LogP contribution in [0.3, 0.4) is 0 Å². The van der Waals surface area contributed by atoms with Crippen LogP contribution in [-0.2, 0) is 0 Å². The first-order chi connectivity index (χ1) is 11.3. The third-order valence-corrected chi connectivity index (χ3v) is 4.26. The van der Waals surface area contributed by atoms with Crippen LogP contribution in [0, 0.1) is 0 Å². The average molecular weight is 370 g/mol. The average Bonchev–Trinajstić information content (AvgIpc) is 2.62. The van der Waals surface area contributed by atoms with Crippen LogP contribution < -0.4 is 4.90 Å². The topological polar surface area (TPSA) is 18.8 Å². The number of halogens is 1. The number of hydrogen-bond donors (Lipinski definition) is 0. The Balaban J connectivity index is 1.53.